The Hall–Kier alpha value is -4.85. The molecule has 0 amide bonds. The van der Waals surface area contributed by atoms with Crippen LogP contribution in [0.2, 0.25) is 0 Å². The molecule has 0 unspecified atom stereocenters. The van der Waals surface area contributed by atoms with Crippen molar-refractivity contribution in [1.82, 2.24) is 0 Å². The highest BCUT2D eigenvalue weighted by Crippen LogP contribution is 2.37. The first-order valence-corrected chi connectivity index (χ1v) is 14.1. The van der Waals surface area contributed by atoms with E-state index < -0.39 is 37.0 Å². The highest BCUT2D eigenvalue weighted by molar-refractivity contribution is 5.97. The quantitative estimate of drug-likeness (QED) is 0.0978. The van der Waals surface area contributed by atoms with E-state index in [1.807, 2.05) is 0 Å². The summed E-state index contributed by atoms with van der Waals surface area (Å²) < 4.78 is 67.0. The maximum absolute atomic E-state index is 13.2. The summed E-state index contributed by atoms with van der Waals surface area (Å²) in [5.41, 5.74) is 19.5. The second-order valence-electron chi connectivity index (χ2n) is 10.8. The molecule has 4 aromatic rings. The number of ketones is 1. The van der Waals surface area contributed by atoms with E-state index in [4.69, 9.17) is 23.7 Å². The first kappa shape index (κ1) is 35.0. The molecule has 2 aliphatic rings. The van der Waals surface area contributed by atoms with Crippen molar-refractivity contribution in [3.63, 3.8) is 0 Å². The fourth-order valence-electron chi connectivity index (χ4n) is 5.28. The molecule has 47 heavy (non-hydrogen) atoms. The summed E-state index contributed by atoms with van der Waals surface area (Å²) in [6.07, 6.45) is -0.407. The van der Waals surface area contributed by atoms with Crippen molar-refractivity contribution < 1.29 is 48.2 Å². The Morgan fingerprint density at radius 2 is 1.23 bits per heavy atom. The molecule has 13 heteroatoms. The highest BCUT2D eigenvalue weighted by Gasteiger charge is 2.33. The van der Waals surface area contributed by atoms with Gasteiger partial charge in [0.1, 0.15) is 23.3 Å². The summed E-state index contributed by atoms with van der Waals surface area (Å²) in [7, 11) is -1.00. The molecule has 250 valence electrons. The number of Topliss-reactive ketones (excluding diaryl/α,β-unsaturated/α-hetero) is 1. The molecular formula is C34H34F5N3O5. The van der Waals surface area contributed by atoms with Crippen LogP contribution < -0.4 is 17.2 Å². The van der Waals surface area contributed by atoms with Crippen molar-refractivity contribution in [2.45, 2.75) is 43.4 Å². The van der Waals surface area contributed by atoms with Crippen LogP contribution in [-0.4, -0.2) is 46.4 Å². The van der Waals surface area contributed by atoms with Crippen LogP contribution in [-0.2, 0) is 12.8 Å². The van der Waals surface area contributed by atoms with E-state index in [2.05, 4.69) is 0 Å². The topological polar surface area (TPSA) is 173 Å². The number of carboxylic acids is 1. The standard InChI is InChI=1S/C17H15F2NO2.C9H10FNO.C7H6FNO2.CH3F/c18-11-2-3-12-10(5-11)7-17(22)13(12)8-16(21)9-1-4-14(19)15(20)6-9;10-6-1-2-7-5(3-6)4-8(12)9(7)11;8-5-2-1-4(7(10)11)3-6(5)9;1-2/h1-6,13,17,22H,7-8,20H2;1-3,8-9,12H,4,11H2;1-3H,9H2,(H,10,11);1H3/t13-,17+;8-,9+;;/m10../s1/i;;;1D. The lowest BCUT2D eigenvalue weighted by Gasteiger charge is -2.15. The van der Waals surface area contributed by atoms with Crippen LogP contribution in [0.4, 0.5) is 33.3 Å². The molecular weight excluding hydrogens is 625 g/mol. The highest BCUT2D eigenvalue weighted by atomic mass is 19.1. The smallest absolute Gasteiger partial charge is 0.335 e. The number of carbonyl (C=O) groups is 2. The van der Waals surface area contributed by atoms with Gasteiger partial charge in [-0.15, -0.1) is 0 Å². The number of carbonyl (C=O) groups excluding carboxylic acids is 1. The number of aliphatic hydroxyl groups excluding tert-OH is 2. The van der Waals surface area contributed by atoms with Gasteiger partial charge >= 0.3 is 5.97 Å². The minimum Gasteiger partial charge on any atom is -0.478 e. The molecule has 2 aliphatic carbocycles. The molecule has 0 heterocycles. The van der Waals surface area contributed by atoms with Gasteiger partial charge in [0.2, 0.25) is 0 Å². The number of nitrogens with two attached hydrogens (primary N) is 3. The van der Waals surface area contributed by atoms with Crippen molar-refractivity contribution in [2.75, 3.05) is 18.6 Å². The molecule has 8 nitrogen and oxygen atoms in total. The van der Waals surface area contributed by atoms with Gasteiger partial charge in [0.05, 0.1) is 43.7 Å². The summed E-state index contributed by atoms with van der Waals surface area (Å²) >= 11 is 0. The summed E-state index contributed by atoms with van der Waals surface area (Å²) in [5, 5.41) is 27.9. The van der Waals surface area contributed by atoms with E-state index in [1.165, 1.54) is 36.4 Å². The fraction of sp³-hybridized carbons (Fsp3) is 0.235. The van der Waals surface area contributed by atoms with Gasteiger partial charge in [0.25, 0.3) is 0 Å². The lowest BCUT2D eigenvalue weighted by Crippen LogP contribution is -2.21. The zero-order valence-electron chi connectivity index (χ0n) is 25.8. The molecule has 0 spiro atoms. The number of alkyl halides is 1. The van der Waals surface area contributed by atoms with Crippen LogP contribution in [0.25, 0.3) is 0 Å². The van der Waals surface area contributed by atoms with Gasteiger partial charge in [0, 0.05) is 24.3 Å². The third-order valence-electron chi connectivity index (χ3n) is 7.67. The SMILES string of the molecule is N[C@@H]1c2ccc(F)cc2C[C@@H]1O.Nc1cc(C(=O)C[C@@H]2c3ccc(F)cc3C[C@@H]2O)ccc1F.Nc1cc(C(=O)O)ccc1F.[2H]CF. The van der Waals surface area contributed by atoms with Gasteiger partial charge in [-0.2, -0.15) is 0 Å². The average molecular weight is 661 g/mol. The molecule has 0 radical (unpaired) electrons. The van der Waals surface area contributed by atoms with Crippen LogP contribution in [0.1, 0.15) is 62.7 Å². The number of hydrogen-bond donors (Lipinski definition) is 6. The zero-order chi connectivity index (χ0) is 35.7. The Morgan fingerprint density at radius 3 is 1.77 bits per heavy atom. The molecule has 6 rings (SSSR count). The summed E-state index contributed by atoms with van der Waals surface area (Å²) in [5.74, 6) is -3.52. The number of halogens is 5. The van der Waals surface area contributed by atoms with Crippen LogP contribution in [0.5, 0.6) is 0 Å². The fourth-order valence-corrected chi connectivity index (χ4v) is 5.28. The first-order chi connectivity index (χ1) is 22.7. The molecule has 0 aromatic heterocycles. The molecule has 0 bridgehead atoms. The predicted molar refractivity (Wildman–Crippen MR) is 166 cm³/mol. The maximum atomic E-state index is 13.2. The molecule has 0 saturated heterocycles. The number of anilines is 2. The van der Waals surface area contributed by atoms with Crippen molar-refractivity contribution in [3.8, 4) is 0 Å². The summed E-state index contributed by atoms with van der Waals surface area (Å²) in [6, 6.07) is 15.5. The summed E-state index contributed by atoms with van der Waals surface area (Å²) in [4.78, 5) is 22.6. The van der Waals surface area contributed by atoms with Gasteiger partial charge in [-0.05, 0) is 89.3 Å². The molecule has 4 atom stereocenters. The second kappa shape index (κ2) is 16.1. The number of nitrogen functional groups attached to an aromatic ring is 2. The van der Waals surface area contributed by atoms with Gasteiger partial charge in [0.15, 0.2) is 5.78 Å². The molecule has 9 N–H and O–H groups in total. The Labute approximate surface area is 268 Å². The Kier molecular flexibility index (Phi) is 12.0. The van der Waals surface area contributed by atoms with Gasteiger partial charge in [-0.1, -0.05) is 12.1 Å². The summed E-state index contributed by atoms with van der Waals surface area (Å²) in [6.45, 7) is 0. The number of carboxylic acid groups (broad SMARTS) is 1. The number of benzene rings is 4. The second-order valence-corrected chi connectivity index (χ2v) is 10.8. The average Bonchev–Trinajstić information content (AvgIpc) is 3.49. The van der Waals surface area contributed by atoms with Crippen molar-refractivity contribution in [2.24, 2.45) is 5.73 Å². The minimum absolute atomic E-state index is 0.0103. The van der Waals surface area contributed by atoms with E-state index in [0.717, 1.165) is 46.5 Å². The number of aromatic carboxylic acids is 1. The van der Waals surface area contributed by atoms with E-state index in [0.29, 0.717) is 18.4 Å². The van der Waals surface area contributed by atoms with Gasteiger partial charge < -0.3 is 32.5 Å². The molecule has 0 aliphatic heterocycles. The van der Waals surface area contributed by atoms with Gasteiger partial charge in [-0.25, -0.2) is 22.4 Å². The number of hydrogen-bond acceptors (Lipinski definition) is 7. The maximum Gasteiger partial charge on any atom is 0.335 e. The van der Waals surface area contributed by atoms with Crippen LogP contribution in [0.15, 0.2) is 72.8 Å². The van der Waals surface area contributed by atoms with E-state index in [1.54, 1.807) is 12.1 Å². The largest absolute Gasteiger partial charge is 0.478 e. The van der Waals surface area contributed by atoms with Crippen LogP contribution >= 0.6 is 0 Å². The predicted octanol–water partition coefficient (Wildman–Crippen LogP) is 5.25. The van der Waals surface area contributed by atoms with Crippen molar-refractivity contribution >= 4 is 23.1 Å². The van der Waals surface area contributed by atoms with E-state index >= 15 is 0 Å². The number of rotatable bonds is 4. The number of aliphatic hydroxyl groups is 2. The zero-order valence-corrected chi connectivity index (χ0v) is 24.8. The Bertz CT molecular complexity index is 1760. The Balaban J connectivity index is 0.000000203. The molecule has 0 saturated carbocycles. The third-order valence-corrected chi connectivity index (χ3v) is 7.67. The lowest BCUT2D eigenvalue weighted by atomic mass is 9.91. The van der Waals surface area contributed by atoms with Crippen molar-refractivity contribution in [3.05, 3.63) is 129 Å². The first-order valence-electron chi connectivity index (χ1n) is 14.8. The van der Waals surface area contributed by atoms with Gasteiger partial charge in [-0.3, -0.25) is 9.18 Å². The van der Waals surface area contributed by atoms with E-state index in [9.17, 15) is 41.8 Å². The molecule has 4 aromatic carbocycles. The number of fused-ring (bicyclic) bond motifs is 2. The molecule has 0 fully saturated rings. The van der Waals surface area contributed by atoms with Crippen LogP contribution in [0.3, 0.4) is 0 Å². The van der Waals surface area contributed by atoms with Crippen molar-refractivity contribution in [1.29, 1.82) is 0 Å². The Morgan fingerprint density at radius 1 is 0.766 bits per heavy atom. The normalized spacial score (nSPS) is 18.9. The lowest BCUT2D eigenvalue weighted by molar-refractivity contribution is 0.0696. The minimum atomic E-state index is -1.11. The van der Waals surface area contributed by atoms with E-state index in [-0.39, 0.29) is 52.7 Å². The monoisotopic (exact) mass is 660 g/mol. The van der Waals surface area contributed by atoms with Crippen LogP contribution in [0, 0.1) is 23.3 Å². The third kappa shape index (κ3) is 9.12.